The number of nitrogens with two attached hydrogens (primary N) is 1. The van der Waals surface area contributed by atoms with Gasteiger partial charge in [-0.1, -0.05) is 6.92 Å². The van der Waals surface area contributed by atoms with Crippen molar-refractivity contribution < 1.29 is 4.79 Å². The van der Waals surface area contributed by atoms with E-state index in [1.807, 2.05) is 25.1 Å². The van der Waals surface area contributed by atoms with Crippen molar-refractivity contribution in [3.63, 3.8) is 0 Å². The van der Waals surface area contributed by atoms with Crippen molar-refractivity contribution in [3.05, 3.63) is 18.5 Å². The molecular formula is C11H18N4O. The van der Waals surface area contributed by atoms with Crippen molar-refractivity contribution in [2.24, 2.45) is 11.7 Å². The smallest absolute Gasteiger partial charge is 0.228 e. The van der Waals surface area contributed by atoms with Gasteiger partial charge in [0.2, 0.25) is 5.91 Å². The van der Waals surface area contributed by atoms with Gasteiger partial charge in [-0.15, -0.1) is 0 Å². The molecular weight excluding hydrogens is 204 g/mol. The van der Waals surface area contributed by atoms with Gasteiger partial charge in [-0.3, -0.25) is 9.78 Å². The number of rotatable bonds is 4. The number of aromatic nitrogens is 1. The molecule has 0 bridgehead atoms. The van der Waals surface area contributed by atoms with Crippen LogP contribution in [-0.4, -0.2) is 31.5 Å². The molecule has 1 aromatic heterocycles. The summed E-state index contributed by atoms with van der Waals surface area (Å²) in [6, 6.07) is 1.85. The number of carbonyl (C=O) groups is 1. The predicted octanol–water partition coefficient (Wildman–Crippen LogP) is 0.681. The largest absolute Gasteiger partial charge is 0.376 e. The lowest BCUT2D eigenvalue weighted by atomic mass is 10.1. The summed E-state index contributed by atoms with van der Waals surface area (Å²) in [5.74, 6) is -0.284. The summed E-state index contributed by atoms with van der Waals surface area (Å²) in [7, 11) is 3.83. The summed E-state index contributed by atoms with van der Waals surface area (Å²) in [5, 5.41) is 2.82. The molecule has 0 aromatic carbocycles. The lowest BCUT2D eigenvalue weighted by molar-refractivity contribution is -0.119. The standard InChI is InChI=1S/C11H18N4O/c1-8(6-12)11(16)14-9-7-13-5-4-10(9)15(2)3/h4-5,7-8H,6,12H2,1-3H3,(H,14,16). The van der Waals surface area contributed by atoms with Crippen LogP contribution in [0, 0.1) is 5.92 Å². The number of hydrogen-bond acceptors (Lipinski definition) is 4. The lowest BCUT2D eigenvalue weighted by Gasteiger charge is -2.18. The van der Waals surface area contributed by atoms with Crippen molar-refractivity contribution in [1.82, 2.24) is 4.98 Å². The minimum Gasteiger partial charge on any atom is -0.376 e. The number of anilines is 2. The van der Waals surface area contributed by atoms with Crippen LogP contribution in [0.2, 0.25) is 0 Å². The van der Waals surface area contributed by atoms with Gasteiger partial charge in [0.25, 0.3) is 0 Å². The molecule has 88 valence electrons. The molecule has 5 nitrogen and oxygen atoms in total. The Morgan fingerprint density at radius 2 is 2.31 bits per heavy atom. The zero-order valence-electron chi connectivity index (χ0n) is 9.90. The zero-order chi connectivity index (χ0) is 12.1. The van der Waals surface area contributed by atoms with Gasteiger partial charge in [0.05, 0.1) is 17.6 Å². The van der Waals surface area contributed by atoms with Gasteiger partial charge in [0, 0.05) is 32.8 Å². The molecule has 1 amide bonds. The Morgan fingerprint density at radius 1 is 1.62 bits per heavy atom. The lowest BCUT2D eigenvalue weighted by Crippen LogP contribution is -2.27. The molecule has 0 spiro atoms. The fourth-order valence-electron chi connectivity index (χ4n) is 1.24. The van der Waals surface area contributed by atoms with Crippen LogP contribution in [0.25, 0.3) is 0 Å². The highest BCUT2D eigenvalue weighted by Crippen LogP contribution is 2.22. The first-order valence-corrected chi connectivity index (χ1v) is 5.18. The highest BCUT2D eigenvalue weighted by molar-refractivity contribution is 5.95. The molecule has 0 aliphatic heterocycles. The molecule has 0 aliphatic carbocycles. The summed E-state index contributed by atoms with van der Waals surface area (Å²) >= 11 is 0. The summed E-state index contributed by atoms with van der Waals surface area (Å²) in [5.41, 5.74) is 7.07. The van der Waals surface area contributed by atoms with Gasteiger partial charge in [0.15, 0.2) is 0 Å². The monoisotopic (exact) mass is 222 g/mol. The van der Waals surface area contributed by atoms with Crippen molar-refractivity contribution in [1.29, 1.82) is 0 Å². The highest BCUT2D eigenvalue weighted by Gasteiger charge is 2.13. The fourth-order valence-corrected chi connectivity index (χ4v) is 1.24. The van der Waals surface area contributed by atoms with E-state index in [9.17, 15) is 4.79 Å². The van der Waals surface area contributed by atoms with Crippen molar-refractivity contribution in [3.8, 4) is 0 Å². The zero-order valence-corrected chi connectivity index (χ0v) is 9.90. The topological polar surface area (TPSA) is 71.2 Å². The average Bonchev–Trinajstić information content (AvgIpc) is 2.28. The van der Waals surface area contributed by atoms with Gasteiger partial charge in [0.1, 0.15) is 0 Å². The fraction of sp³-hybridized carbons (Fsp3) is 0.455. The van der Waals surface area contributed by atoms with E-state index in [2.05, 4.69) is 10.3 Å². The Kier molecular flexibility index (Phi) is 4.25. The average molecular weight is 222 g/mol. The summed E-state index contributed by atoms with van der Waals surface area (Å²) in [6.45, 7) is 2.13. The Bertz CT molecular complexity index is 365. The van der Waals surface area contributed by atoms with Gasteiger partial charge >= 0.3 is 0 Å². The molecule has 0 saturated heterocycles. The minimum absolute atomic E-state index is 0.0846. The second-order valence-electron chi connectivity index (χ2n) is 3.91. The number of hydrogen-bond donors (Lipinski definition) is 2. The van der Waals surface area contributed by atoms with Crippen LogP contribution in [0.1, 0.15) is 6.92 Å². The van der Waals surface area contributed by atoms with Crippen LogP contribution in [-0.2, 0) is 4.79 Å². The molecule has 0 radical (unpaired) electrons. The second kappa shape index (κ2) is 5.46. The van der Waals surface area contributed by atoms with Gasteiger partial charge < -0.3 is 16.0 Å². The maximum atomic E-state index is 11.7. The van der Waals surface area contributed by atoms with Crippen LogP contribution in [0.4, 0.5) is 11.4 Å². The molecule has 0 saturated carbocycles. The van der Waals surface area contributed by atoms with E-state index in [0.29, 0.717) is 12.2 Å². The molecule has 1 rings (SSSR count). The third-order valence-corrected chi connectivity index (χ3v) is 2.34. The molecule has 1 heterocycles. The number of nitrogens with one attached hydrogen (secondary N) is 1. The Hall–Kier alpha value is -1.62. The summed E-state index contributed by atoms with van der Waals surface area (Å²) < 4.78 is 0. The van der Waals surface area contributed by atoms with E-state index in [1.54, 1.807) is 19.3 Å². The first-order valence-electron chi connectivity index (χ1n) is 5.18. The third kappa shape index (κ3) is 2.93. The molecule has 0 fully saturated rings. The van der Waals surface area contributed by atoms with E-state index in [-0.39, 0.29) is 11.8 Å². The first kappa shape index (κ1) is 12.4. The van der Waals surface area contributed by atoms with E-state index >= 15 is 0 Å². The van der Waals surface area contributed by atoms with E-state index in [1.165, 1.54) is 0 Å². The third-order valence-electron chi connectivity index (χ3n) is 2.34. The second-order valence-corrected chi connectivity index (χ2v) is 3.91. The maximum Gasteiger partial charge on any atom is 0.228 e. The Labute approximate surface area is 95.7 Å². The van der Waals surface area contributed by atoms with E-state index < -0.39 is 0 Å². The van der Waals surface area contributed by atoms with Crippen molar-refractivity contribution in [2.75, 3.05) is 30.9 Å². The molecule has 0 aliphatic rings. The van der Waals surface area contributed by atoms with Gasteiger partial charge in [-0.05, 0) is 6.07 Å². The highest BCUT2D eigenvalue weighted by atomic mass is 16.1. The predicted molar refractivity (Wildman–Crippen MR) is 65.4 cm³/mol. The van der Waals surface area contributed by atoms with Crippen LogP contribution in [0.15, 0.2) is 18.5 Å². The normalized spacial score (nSPS) is 12.0. The molecule has 1 aromatic rings. The molecule has 1 unspecified atom stereocenters. The summed E-state index contributed by atoms with van der Waals surface area (Å²) in [6.07, 6.45) is 3.33. The van der Waals surface area contributed by atoms with Crippen molar-refractivity contribution >= 4 is 17.3 Å². The number of pyridine rings is 1. The van der Waals surface area contributed by atoms with Crippen LogP contribution in [0.5, 0.6) is 0 Å². The first-order chi connectivity index (χ1) is 7.56. The van der Waals surface area contributed by atoms with Crippen molar-refractivity contribution in [2.45, 2.75) is 6.92 Å². The summed E-state index contributed by atoms with van der Waals surface area (Å²) in [4.78, 5) is 17.6. The van der Waals surface area contributed by atoms with E-state index in [0.717, 1.165) is 5.69 Å². The minimum atomic E-state index is -0.199. The van der Waals surface area contributed by atoms with Gasteiger partial charge in [-0.2, -0.15) is 0 Å². The molecule has 5 heteroatoms. The Morgan fingerprint density at radius 3 is 2.88 bits per heavy atom. The maximum absolute atomic E-state index is 11.7. The van der Waals surface area contributed by atoms with Crippen LogP contribution in [0.3, 0.4) is 0 Å². The molecule has 3 N–H and O–H groups in total. The number of carbonyl (C=O) groups excluding carboxylic acids is 1. The van der Waals surface area contributed by atoms with Crippen LogP contribution < -0.4 is 16.0 Å². The molecule has 16 heavy (non-hydrogen) atoms. The molecule has 1 atom stereocenters. The Balaban J connectivity index is 2.84. The quantitative estimate of drug-likeness (QED) is 0.786. The van der Waals surface area contributed by atoms with Gasteiger partial charge in [-0.25, -0.2) is 0 Å². The van der Waals surface area contributed by atoms with E-state index in [4.69, 9.17) is 5.73 Å². The number of amides is 1. The SMILES string of the molecule is CC(CN)C(=O)Nc1cnccc1N(C)C. The van der Waals surface area contributed by atoms with Crippen LogP contribution >= 0.6 is 0 Å². The number of nitrogens with zero attached hydrogens (tertiary/aromatic N) is 2.